The van der Waals surface area contributed by atoms with Crippen LogP contribution in [0.4, 0.5) is 0 Å². The lowest BCUT2D eigenvalue weighted by Crippen LogP contribution is -3.16. The summed E-state index contributed by atoms with van der Waals surface area (Å²) in [4.78, 5) is 31.7. The molecule has 12 unspecified atom stereocenters. The van der Waals surface area contributed by atoms with Crippen LogP contribution >= 0.6 is 0 Å². The second-order valence-corrected chi connectivity index (χ2v) is 16.7. The number of allylic oxidation sites excluding steroid dienone is 1. The van der Waals surface area contributed by atoms with E-state index in [4.69, 9.17) is 29.4 Å². The van der Waals surface area contributed by atoms with Gasteiger partial charge in [0, 0.05) is 25.0 Å². The number of guanidine groups is 1. The molecule has 5 rings (SSSR count). The Morgan fingerprint density at radius 2 is 1.88 bits per heavy atom. The molecule has 2 aliphatic carbocycles. The molecule has 0 radical (unpaired) electrons. The van der Waals surface area contributed by atoms with E-state index < -0.39 is 91.0 Å². The standard InChI is InChI=1S/C40H64N4O14/c1-4-26-27(9-8-24-19-44(15-17-46)20-28(34(49)50)31(24)43-38(41)42-14-7-16-45)29(35(51)56-25-10-13-39(18-25)11-5-6-12-39)22-54-36(26)58-37-33(55-23(2)3)40(52,53)32(48)30(21-47)57-37/h4,8-9,22-28,30-33,36-37,45-48,52-53H,1,5-7,10-21H2,2-3H3,(H,49,50)(H3,41,42,43). The van der Waals surface area contributed by atoms with Gasteiger partial charge in [0.1, 0.15) is 24.9 Å². The molecule has 2 saturated carbocycles. The van der Waals surface area contributed by atoms with Gasteiger partial charge in [-0.1, -0.05) is 31.1 Å². The number of quaternary nitrogens is 1. The summed E-state index contributed by atoms with van der Waals surface area (Å²) in [7, 11) is 0. The fourth-order valence-electron chi connectivity index (χ4n) is 9.35. The van der Waals surface area contributed by atoms with Crippen molar-refractivity contribution in [3.8, 4) is 0 Å². The lowest BCUT2D eigenvalue weighted by molar-refractivity contribution is -0.911. The number of esters is 1. The number of rotatable bonds is 17. The molecule has 18 heteroatoms. The molecule has 1 spiro atoms. The number of nitrogens with one attached hydrogen (secondary N) is 2. The number of hydrogen-bond donors (Lipinski definition) is 9. The van der Waals surface area contributed by atoms with Gasteiger partial charge in [-0.25, -0.2) is 4.79 Å². The van der Waals surface area contributed by atoms with E-state index in [9.17, 15) is 45.3 Å². The zero-order chi connectivity index (χ0) is 42.2. The van der Waals surface area contributed by atoms with Gasteiger partial charge in [0.15, 0.2) is 18.4 Å². The van der Waals surface area contributed by atoms with E-state index in [-0.39, 0.29) is 55.9 Å². The number of likely N-dealkylation sites (tertiary alicyclic amines) is 1. The lowest BCUT2D eigenvalue weighted by atomic mass is 9.79. The number of nitrogens with two attached hydrogens (primary N) is 1. The van der Waals surface area contributed by atoms with Crippen molar-refractivity contribution in [1.29, 1.82) is 0 Å². The molecular weight excluding hydrogens is 760 g/mol. The number of ether oxygens (including phenoxy) is 5. The maximum atomic E-state index is 14.1. The molecule has 58 heavy (non-hydrogen) atoms. The quantitative estimate of drug-likeness (QED) is 0.0176. The van der Waals surface area contributed by atoms with Crippen LogP contribution in [0, 0.1) is 29.1 Å². The van der Waals surface area contributed by atoms with E-state index in [0.29, 0.717) is 13.0 Å². The topological polar surface area (TPSA) is 280 Å². The van der Waals surface area contributed by atoms with Crippen LogP contribution in [0.2, 0.25) is 0 Å². The normalized spacial score (nSPS) is 36.2. The van der Waals surface area contributed by atoms with Gasteiger partial charge in [-0.3, -0.25) is 4.99 Å². The number of nitrogens with zero attached hydrogens (tertiary/aromatic N) is 1. The summed E-state index contributed by atoms with van der Waals surface area (Å²) >= 11 is 0. The Bertz CT molecular complexity index is 1480. The third-order valence-electron chi connectivity index (χ3n) is 12.3. The van der Waals surface area contributed by atoms with Crippen molar-refractivity contribution in [1.82, 2.24) is 5.32 Å². The summed E-state index contributed by atoms with van der Waals surface area (Å²) < 4.78 is 30.0. The molecule has 12 atom stereocenters. The van der Waals surface area contributed by atoms with Crippen molar-refractivity contribution in [3.63, 3.8) is 0 Å². The van der Waals surface area contributed by atoms with Gasteiger partial charge >= 0.3 is 5.97 Å². The van der Waals surface area contributed by atoms with E-state index in [2.05, 4.69) is 16.9 Å². The summed E-state index contributed by atoms with van der Waals surface area (Å²) in [5, 5.41) is 77.2. The van der Waals surface area contributed by atoms with Crippen molar-refractivity contribution < 1.29 is 73.9 Å². The summed E-state index contributed by atoms with van der Waals surface area (Å²) in [5.74, 6) is -8.21. The van der Waals surface area contributed by atoms with Crippen molar-refractivity contribution in [3.05, 3.63) is 36.6 Å². The Kier molecular flexibility index (Phi) is 16.1. The predicted octanol–water partition coefficient (Wildman–Crippen LogP) is -3.05. The summed E-state index contributed by atoms with van der Waals surface area (Å²) in [5.41, 5.74) is 6.51. The Balaban J connectivity index is 1.49. The average molecular weight is 825 g/mol. The predicted molar refractivity (Wildman–Crippen MR) is 204 cm³/mol. The van der Waals surface area contributed by atoms with Gasteiger partial charge in [-0.15, -0.1) is 6.58 Å². The highest BCUT2D eigenvalue weighted by Crippen LogP contribution is 2.51. The number of carboxylic acids is 1. The molecule has 0 amide bonds. The largest absolute Gasteiger partial charge is 0.550 e. The molecule has 5 aliphatic rings. The summed E-state index contributed by atoms with van der Waals surface area (Å²) in [6.07, 6.45) is 4.71. The maximum Gasteiger partial charge on any atom is 0.338 e. The Morgan fingerprint density at radius 3 is 2.52 bits per heavy atom. The minimum Gasteiger partial charge on any atom is -0.550 e. The van der Waals surface area contributed by atoms with Crippen molar-refractivity contribution in [2.45, 2.75) is 120 Å². The van der Waals surface area contributed by atoms with Crippen LogP contribution in [0.5, 0.6) is 0 Å². The first-order valence-corrected chi connectivity index (χ1v) is 20.6. The first-order valence-electron chi connectivity index (χ1n) is 20.6. The van der Waals surface area contributed by atoms with E-state index in [1.54, 1.807) is 26.0 Å². The number of piperidine rings is 1. The van der Waals surface area contributed by atoms with Crippen LogP contribution in [0.1, 0.15) is 65.2 Å². The summed E-state index contributed by atoms with van der Waals surface area (Å²) in [6.45, 7) is 7.20. The lowest BCUT2D eigenvalue weighted by Gasteiger charge is -2.48. The number of hydrogen-bond acceptors (Lipinski definition) is 15. The maximum absolute atomic E-state index is 14.1. The highest BCUT2D eigenvalue weighted by atomic mass is 16.8. The number of carboxylic acid groups (broad SMARTS) is 1. The number of aliphatic imine (C=N–C) groups is 1. The monoisotopic (exact) mass is 824 g/mol. The van der Waals surface area contributed by atoms with Gasteiger partial charge in [-0.05, 0) is 57.8 Å². The van der Waals surface area contributed by atoms with Crippen molar-refractivity contribution in [2.24, 2.45) is 39.8 Å². The van der Waals surface area contributed by atoms with Gasteiger partial charge in [-0.2, -0.15) is 0 Å². The van der Waals surface area contributed by atoms with Crippen molar-refractivity contribution in [2.75, 3.05) is 46.0 Å². The first kappa shape index (κ1) is 45.9. The highest BCUT2D eigenvalue weighted by molar-refractivity contribution is 5.89. The molecular formula is C40H64N4O14. The number of carbonyl (C=O) groups is 2. The minimum absolute atomic E-state index is 0.0150. The van der Waals surface area contributed by atoms with E-state index in [0.717, 1.165) is 49.8 Å². The molecule has 3 aliphatic heterocycles. The van der Waals surface area contributed by atoms with Crippen LogP contribution in [-0.2, 0) is 33.3 Å². The highest BCUT2D eigenvalue weighted by Gasteiger charge is 2.58. The molecule has 0 aromatic carbocycles. The molecule has 328 valence electrons. The fraction of sp³-hybridized carbons (Fsp3) is 0.775. The average Bonchev–Trinajstić information content (AvgIpc) is 3.82. The third-order valence-corrected chi connectivity index (χ3v) is 12.3. The van der Waals surface area contributed by atoms with Gasteiger partial charge in [0.2, 0.25) is 12.1 Å². The molecule has 0 aromatic heterocycles. The SMILES string of the molecule is C=CC1C(OC2OC(CO)C(O)C(O)(O)C2OC(C)C)OC=C(C(=O)OC2CCC3(CCCC3)C2)C1C=CC1C[NH+](CCO)CC(C(=O)[O-])C1NC(N)=NCCCO. The molecule has 3 heterocycles. The van der Waals surface area contributed by atoms with Crippen LogP contribution in [0.15, 0.2) is 41.6 Å². The van der Waals surface area contributed by atoms with Gasteiger partial charge in [0.25, 0.3) is 0 Å². The Labute approximate surface area is 339 Å². The van der Waals surface area contributed by atoms with Crippen LogP contribution < -0.4 is 21.1 Å². The molecule has 0 aromatic rings. The molecule has 2 saturated heterocycles. The van der Waals surface area contributed by atoms with Crippen LogP contribution in [0.25, 0.3) is 0 Å². The van der Waals surface area contributed by atoms with Crippen LogP contribution in [-0.4, -0.2) is 149 Å². The Hall–Kier alpha value is -3.17. The third kappa shape index (κ3) is 10.8. The first-order chi connectivity index (χ1) is 27.7. The van der Waals surface area contributed by atoms with E-state index >= 15 is 0 Å². The second kappa shape index (κ2) is 20.4. The van der Waals surface area contributed by atoms with Crippen LogP contribution in [0.3, 0.4) is 0 Å². The number of aliphatic hydroxyl groups excluding tert-OH is 4. The minimum atomic E-state index is -2.91. The second-order valence-electron chi connectivity index (χ2n) is 16.7. The smallest absolute Gasteiger partial charge is 0.338 e. The molecule has 10 N–H and O–H groups in total. The Morgan fingerprint density at radius 1 is 1.14 bits per heavy atom. The fourth-order valence-corrected chi connectivity index (χ4v) is 9.35. The zero-order valence-corrected chi connectivity index (χ0v) is 33.5. The van der Waals surface area contributed by atoms with Crippen molar-refractivity contribution >= 4 is 17.9 Å². The van der Waals surface area contributed by atoms with E-state index in [1.807, 2.05) is 0 Å². The van der Waals surface area contributed by atoms with E-state index in [1.165, 1.54) is 12.3 Å². The zero-order valence-electron chi connectivity index (χ0n) is 33.5. The number of aliphatic hydroxyl groups is 6. The molecule has 18 nitrogen and oxygen atoms in total. The molecule has 0 bridgehead atoms. The summed E-state index contributed by atoms with van der Waals surface area (Å²) in [6, 6.07) is -0.815. The number of aliphatic carboxylic acids is 1. The number of carbonyl (C=O) groups excluding carboxylic acids is 2. The van der Waals surface area contributed by atoms with Gasteiger partial charge in [0.05, 0.1) is 68.1 Å². The molecule has 4 fully saturated rings. The van der Waals surface area contributed by atoms with Gasteiger partial charge < -0.3 is 80.2 Å².